The number of carbonyl (C=O) groups is 1. The number of nitrogens with one attached hydrogen (secondary N) is 1. The van der Waals surface area contributed by atoms with Crippen LogP contribution in [0.25, 0.3) is 0 Å². The second-order valence-corrected chi connectivity index (χ2v) is 3.70. The number of carbonyl (C=O) groups excluding carboxylic acids is 1. The van der Waals surface area contributed by atoms with Crippen molar-refractivity contribution in [2.75, 3.05) is 6.54 Å². The molecule has 0 heterocycles. The lowest BCUT2D eigenvalue weighted by Gasteiger charge is -2.03. The molecule has 1 aromatic carbocycles. The highest BCUT2D eigenvalue weighted by Gasteiger charge is 2.21. The topological polar surface area (TPSA) is 49.3 Å². The summed E-state index contributed by atoms with van der Waals surface area (Å²) < 4.78 is 0. The molecular formula is C11H13NO2. The van der Waals surface area contributed by atoms with Crippen LogP contribution in [0.5, 0.6) is 5.75 Å². The van der Waals surface area contributed by atoms with E-state index in [-0.39, 0.29) is 11.7 Å². The molecule has 3 heteroatoms. The number of phenolic OH excluding ortho intramolecular Hbond substituents is 1. The van der Waals surface area contributed by atoms with Gasteiger partial charge in [-0.3, -0.25) is 4.79 Å². The van der Waals surface area contributed by atoms with Crippen LogP contribution in [0, 0.1) is 5.92 Å². The van der Waals surface area contributed by atoms with Crippen molar-refractivity contribution in [1.82, 2.24) is 5.32 Å². The van der Waals surface area contributed by atoms with Crippen LogP contribution < -0.4 is 5.32 Å². The number of hydrogen-bond acceptors (Lipinski definition) is 2. The standard InChI is InChI=1S/C11H13NO2/c13-10-3-1-2-9(6-10)11(14)12-7-8-4-5-8/h1-3,6,8,13H,4-5,7H2,(H,12,14). The van der Waals surface area contributed by atoms with Gasteiger partial charge in [0.15, 0.2) is 0 Å². The van der Waals surface area contributed by atoms with Gasteiger partial charge in [-0.15, -0.1) is 0 Å². The summed E-state index contributed by atoms with van der Waals surface area (Å²) in [5.74, 6) is 0.702. The van der Waals surface area contributed by atoms with Crippen molar-refractivity contribution in [3.8, 4) is 5.75 Å². The lowest BCUT2D eigenvalue weighted by molar-refractivity contribution is 0.0951. The number of amides is 1. The highest BCUT2D eigenvalue weighted by atomic mass is 16.3. The lowest BCUT2D eigenvalue weighted by Crippen LogP contribution is -2.25. The number of aromatic hydroxyl groups is 1. The van der Waals surface area contributed by atoms with Crippen molar-refractivity contribution in [3.63, 3.8) is 0 Å². The van der Waals surface area contributed by atoms with Crippen molar-refractivity contribution in [2.24, 2.45) is 5.92 Å². The maximum absolute atomic E-state index is 11.5. The number of hydrogen-bond donors (Lipinski definition) is 2. The van der Waals surface area contributed by atoms with E-state index in [1.807, 2.05) is 0 Å². The van der Waals surface area contributed by atoms with E-state index in [9.17, 15) is 9.90 Å². The molecular weight excluding hydrogens is 178 g/mol. The molecule has 0 bridgehead atoms. The molecule has 1 saturated carbocycles. The van der Waals surface area contributed by atoms with Gasteiger partial charge in [0.05, 0.1) is 0 Å². The summed E-state index contributed by atoms with van der Waals surface area (Å²) >= 11 is 0. The molecule has 1 amide bonds. The molecule has 1 aromatic rings. The van der Waals surface area contributed by atoms with Gasteiger partial charge < -0.3 is 10.4 Å². The Morgan fingerprint density at radius 1 is 1.50 bits per heavy atom. The predicted octanol–water partition coefficient (Wildman–Crippen LogP) is 1.53. The van der Waals surface area contributed by atoms with Crippen LogP contribution in [0.4, 0.5) is 0 Å². The molecule has 0 unspecified atom stereocenters. The van der Waals surface area contributed by atoms with E-state index in [1.54, 1.807) is 18.2 Å². The van der Waals surface area contributed by atoms with Crippen LogP contribution in [-0.4, -0.2) is 17.6 Å². The zero-order chi connectivity index (χ0) is 9.97. The van der Waals surface area contributed by atoms with Gasteiger partial charge in [0.1, 0.15) is 5.75 Å². The predicted molar refractivity (Wildman–Crippen MR) is 53.2 cm³/mol. The van der Waals surface area contributed by atoms with Crippen molar-refractivity contribution >= 4 is 5.91 Å². The van der Waals surface area contributed by atoms with E-state index in [4.69, 9.17) is 0 Å². The van der Waals surface area contributed by atoms with Gasteiger partial charge in [0.25, 0.3) is 5.91 Å². The molecule has 0 aliphatic heterocycles. The fraction of sp³-hybridized carbons (Fsp3) is 0.364. The minimum absolute atomic E-state index is 0.104. The first-order valence-corrected chi connectivity index (χ1v) is 4.83. The van der Waals surface area contributed by atoms with E-state index in [0.717, 1.165) is 6.54 Å². The monoisotopic (exact) mass is 191 g/mol. The second kappa shape index (κ2) is 3.70. The Kier molecular flexibility index (Phi) is 2.39. The molecule has 74 valence electrons. The number of phenols is 1. The van der Waals surface area contributed by atoms with Crippen molar-refractivity contribution in [1.29, 1.82) is 0 Å². The summed E-state index contributed by atoms with van der Waals surface area (Å²) in [4.78, 5) is 11.5. The maximum atomic E-state index is 11.5. The van der Waals surface area contributed by atoms with E-state index in [0.29, 0.717) is 11.5 Å². The van der Waals surface area contributed by atoms with E-state index < -0.39 is 0 Å². The molecule has 1 aliphatic carbocycles. The quantitative estimate of drug-likeness (QED) is 0.761. The zero-order valence-electron chi connectivity index (χ0n) is 7.86. The molecule has 0 radical (unpaired) electrons. The molecule has 1 fully saturated rings. The zero-order valence-corrected chi connectivity index (χ0v) is 7.86. The van der Waals surface area contributed by atoms with Crippen molar-refractivity contribution in [2.45, 2.75) is 12.8 Å². The number of benzene rings is 1. The van der Waals surface area contributed by atoms with Gasteiger partial charge in [-0.1, -0.05) is 6.07 Å². The van der Waals surface area contributed by atoms with Crippen LogP contribution in [0.3, 0.4) is 0 Å². The van der Waals surface area contributed by atoms with E-state index in [2.05, 4.69) is 5.32 Å². The van der Waals surface area contributed by atoms with Gasteiger partial charge in [-0.2, -0.15) is 0 Å². The Labute approximate surface area is 82.8 Å². The average molecular weight is 191 g/mol. The van der Waals surface area contributed by atoms with Gasteiger partial charge in [0, 0.05) is 12.1 Å². The van der Waals surface area contributed by atoms with Gasteiger partial charge >= 0.3 is 0 Å². The fourth-order valence-corrected chi connectivity index (χ4v) is 1.31. The normalized spacial score (nSPS) is 15.1. The SMILES string of the molecule is O=C(NCC1CC1)c1cccc(O)c1. The third-order valence-corrected chi connectivity index (χ3v) is 2.36. The highest BCUT2D eigenvalue weighted by Crippen LogP contribution is 2.27. The third kappa shape index (κ3) is 2.25. The Bertz CT molecular complexity index is 345. The summed E-state index contributed by atoms with van der Waals surface area (Å²) in [5.41, 5.74) is 0.519. The Balaban J connectivity index is 1.95. The first-order valence-electron chi connectivity index (χ1n) is 4.83. The van der Waals surface area contributed by atoms with Gasteiger partial charge in [0.2, 0.25) is 0 Å². The summed E-state index contributed by atoms with van der Waals surface area (Å²) in [6, 6.07) is 6.39. The van der Waals surface area contributed by atoms with Gasteiger partial charge in [-0.05, 0) is 37.0 Å². The summed E-state index contributed by atoms with van der Waals surface area (Å²) in [6.45, 7) is 0.758. The molecule has 3 nitrogen and oxygen atoms in total. The largest absolute Gasteiger partial charge is 0.508 e. The van der Waals surface area contributed by atoms with Crippen LogP contribution in [0.15, 0.2) is 24.3 Å². The Morgan fingerprint density at radius 3 is 2.93 bits per heavy atom. The van der Waals surface area contributed by atoms with Crippen molar-refractivity contribution < 1.29 is 9.90 Å². The molecule has 14 heavy (non-hydrogen) atoms. The minimum atomic E-state index is -0.104. The summed E-state index contributed by atoms with van der Waals surface area (Å²) in [5, 5.41) is 12.0. The lowest BCUT2D eigenvalue weighted by atomic mass is 10.2. The summed E-state index contributed by atoms with van der Waals surface area (Å²) in [6.07, 6.45) is 2.45. The average Bonchev–Trinajstić information content (AvgIpc) is 2.97. The Hall–Kier alpha value is -1.51. The van der Waals surface area contributed by atoms with Gasteiger partial charge in [-0.25, -0.2) is 0 Å². The van der Waals surface area contributed by atoms with E-state index >= 15 is 0 Å². The Morgan fingerprint density at radius 2 is 2.29 bits per heavy atom. The molecule has 2 rings (SSSR count). The molecule has 0 aromatic heterocycles. The van der Waals surface area contributed by atoms with Crippen molar-refractivity contribution in [3.05, 3.63) is 29.8 Å². The smallest absolute Gasteiger partial charge is 0.251 e. The summed E-state index contributed by atoms with van der Waals surface area (Å²) in [7, 11) is 0. The fourth-order valence-electron chi connectivity index (χ4n) is 1.31. The first kappa shape index (κ1) is 9.06. The maximum Gasteiger partial charge on any atom is 0.251 e. The first-order chi connectivity index (χ1) is 6.75. The molecule has 2 N–H and O–H groups in total. The van der Waals surface area contributed by atoms with E-state index in [1.165, 1.54) is 18.9 Å². The van der Waals surface area contributed by atoms with Crippen LogP contribution >= 0.6 is 0 Å². The van der Waals surface area contributed by atoms with Crippen LogP contribution in [0.1, 0.15) is 23.2 Å². The molecule has 0 atom stereocenters. The minimum Gasteiger partial charge on any atom is -0.508 e. The van der Waals surface area contributed by atoms with Crippen LogP contribution in [-0.2, 0) is 0 Å². The van der Waals surface area contributed by atoms with Crippen LogP contribution in [0.2, 0.25) is 0 Å². The molecule has 1 aliphatic rings. The third-order valence-electron chi connectivity index (χ3n) is 2.36. The molecule has 0 spiro atoms. The highest BCUT2D eigenvalue weighted by molar-refractivity contribution is 5.94. The number of rotatable bonds is 3. The second-order valence-electron chi connectivity index (χ2n) is 3.70. The molecule has 0 saturated heterocycles.